The molecule has 124 valence electrons. The summed E-state index contributed by atoms with van der Waals surface area (Å²) in [4.78, 5) is 26.8. The summed E-state index contributed by atoms with van der Waals surface area (Å²) in [5.74, 6) is -0.649. The lowest BCUT2D eigenvalue weighted by atomic mass is 9.74. The predicted molar refractivity (Wildman–Crippen MR) is 81.4 cm³/mol. The first-order valence-corrected chi connectivity index (χ1v) is 8.58. The van der Waals surface area contributed by atoms with Crippen molar-refractivity contribution >= 4 is 11.9 Å². The lowest BCUT2D eigenvalue weighted by Crippen LogP contribution is -2.46. The van der Waals surface area contributed by atoms with E-state index in [1.807, 2.05) is 4.90 Å². The molecule has 3 aliphatic rings. The predicted octanol–water partition coefficient (Wildman–Crippen LogP) is 2.30. The molecule has 2 atom stereocenters. The highest BCUT2D eigenvalue weighted by Crippen LogP contribution is 2.45. The maximum absolute atomic E-state index is 13.1. The summed E-state index contributed by atoms with van der Waals surface area (Å²) in [6.45, 7) is 3.94. The van der Waals surface area contributed by atoms with Crippen LogP contribution in [0.25, 0.3) is 0 Å². The third-order valence-electron chi connectivity index (χ3n) is 6.14. The van der Waals surface area contributed by atoms with E-state index in [2.05, 4.69) is 6.92 Å². The number of ether oxygens (including phenoxy) is 1. The molecule has 3 fully saturated rings. The van der Waals surface area contributed by atoms with E-state index in [4.69, 9.17) is 4.74 Å². The number of fused-ring (bicyclic) bond motifs is 1. The Kier molecular flexibility index (Phi) is 4.19. The Labute approximate surface area is 132 Å². The van der Waals surface area contributed by atoms with Crippen molar-refractivity contribution in [1.82, 2.24) is 4.90 Å². The Morgan fingerprint density at radius 3 is 2.41 bits per heavy atom. The number of carbonyl (C=O) groups excluding carboxylic acids is 1. The minimum absolute atomic E-state index is 0.0583. The largest absolute Gasteiger partial charge is 0.481 e. The molecule has 0 aromatic carbocycles. The summed E-state index contributed by atoms with van der Waals surface area (Å²) in [7, 11) is 0. The van der Waals surface area contributed by atoms with Gasteiger partial charge in [-0.05, 0) is 19.3 Å². The number of likely N-dealkylation sites (tertiary alicyclic amines) is 1. The van der Waals surface area contributed by atoms with Crippen LogP contribution in [-0.2, 0) is 14.3 Å². The fraction of sp³-hybridized carbons (Fsp3) is 0.882. The zero-order valence-electron chi connectivity index (χ0n) is 13.5. The van der Waals surface area contributed by atoms with Gasteiger partial charge in [-0.25, -0.2) is 0 Å². The van der Waals surface area contributed by atoms with Gasteiger partial charge in [0.2, 0.25) is 5.91 Å². The first-order chi connectivity index (χ1) is 10.5. The molecule has 5 nitrogen and oxygen atoms in total. The van der Waals surface area contributed by atoms with Crippen molar-refractivity contribution in [3.05, 3.63) is 0 Å². The molecule has 0 radical (unpaired) electrons. The molecule has 0 bridgehead atoms. The van der Waals surface area contributed by atoms with Crippen LogP contribution >= 0.6 is 0 Å². The van der Waals surface area contributed by atoms with Crippen LogP contribution in [-0.4, -0.2) is 48.2 Å². The summed E-state index contributed by atoms with van der Waals surface area (Å²) in [6.07, 6.45) is 7.01. The number of amides is 1. The third-order valence-corrected chi connectivity index (χ3v) is 6.14. The summed E-state index contributed by atoms with van der Waals surface area (Å²) in [5, 5.41) is 9.72. The summed E-state index contributed by atoms with van der Waals surface area (Å²) in [5.41, 5.74) is -1.08. The maximum atomic E-state index is 13.1. The number of hydrogen-bond acceptors (Lipinski definition) is 3. The molecule has 1 amide bonds. The first-order valence-electron chi connectivity index (χ1n) is 8.58. The van der Waals surface area contributed by atoms with Gasteiger partial charge in [0.15, 0.2) is 0 Å². The summed E-state index contributed by atoms with van der Waals surface area (Å²) >= 11 is 0. The van der Waals surface area contributed by atoms with Crippen molar-refractivity contribution < 1.29 is 19.4 Å². The molecule has 2 saturated heterocycles. The highest BCUT2D eigenvalue weighted by molar-refractivity contribution is 5.85. The number of aliphatic carboxylic acids is 1. The molecule has 1 N–H and O–H groups in total. The quantitative estimate of drug-likeness (QED) is 0.795. The second-order valence-electron chi connectivity index (χ2n) is 7.64. The Morgan fingerprint density at radius 2 is 1.82 bits per heavy atom. The fourth-order valence-electron chi connectivity index (χ4n) is 4.56. The van der Waals surface area contributed by atoms with Crippen LogP contribution in [0.5, 0.6) is 0 Å². The molecule has 0 aromatic heterocycles. The molecule has 22 heavy (non-hydrogen) atoms. The average molecular weight is 309 g/mol. The van der Waals surface area contributed by atoms with Crippen LogP contribution in [0.1, 0.15) is 51.9 Å². The maximum Gasteiger partial charge on any atom is 0.311 e. The van der Waals surface area contributed by atoms with Gasteiger partial charge >= 0.3 is 5.97 Å². The molecule has 0 aromatic rings. The minimum Gasteiger partial charge on any atom is -0.481 e. The van der Waals surface area contributed by atoms with Crippen molar-refractivity contribution in [3.63, 3.8) is 0 Å². The number of carboxylic acid groups (broad SMARTS) is 1. The molecule has 2 aliphatic heterocycles. The van der Waals surface area contributed by atoms with Gasteiger partial charge in [0, 0.05) is 31.0 Å². The third kappa shape index (κ3) is 2.53. The van der Waals surface area contributed by atoms with E-state index >= 15 is 0 Å². The molecule has 0 unspecified atom stereocenters. The Morgan fingerprint density at radius 1 is 1.14 bits per heavy atom. The second kappa shape index (κ2) is 5.84. The average Bonchev–Trinajstić information content (AvgIpc) is 2.77. The van der Waals surface area contributed by atoms with Gasteiger partial charge in [0.1, 0.15) is 0 Å². The van der Waals surface area contributed by atoms with Crippen molar-refractivity contribution in [2.24, 2.45) is 16.7 Å². The summed E-state index contributed by atoms with van der Waals surface area (Å²) < 4.78 is 5.48. The molecule has 1 saturated carbocycles. The molecule has 2 heterocycles. The molecule has 1 aliphatic carbocycles. The minimum atomic E-state index is -0.783. The first kappa shape index (κ1) is 15.8. The van der Waals surface area contributed by atoms with Gasteiger partial charge < -0.3 is 14.7 Å². The highest BCUT2D eigenvalue weighted by atomic mass is 16.5. The normalized spacial score (nSPS) is 34.8. The topological polar surface area (TPSA) is 66.8 Å². The Balaban J connectivity index is 1.78. The molecule has 3 rings (SSSR count). The SMILES string of the molecule is CC1(C(=O)N2C[C@H]3COCC[C@@]3(C(=O)O)C2)CCCCCC1. The van der Waals surface area contributed by atoms with E-state index in [-0.39, 0.29) is 17.2 Å². The van der Waals surface area contributed by atoms with Gasteiger partial charge in [-0.3, -0.25) is 9.59 Å². The standard InChI is InChI=1S/C17H27NO4/c1-16(6-4-2-3-5-7-16)14(19)18-10-13-11-22-9-8-17(13,12-18)15(20)21/h13H,2-12H2,1H3,(H,20,21)/t13-,17+/m0/s1. The molecule has 5 heteroatoms. The lowest BCUT2D eigenvalue weighted by molar-refractivity contribution is -0.157. The Bertz CT molecular complexity index is 456. The van der Waals surface area contributed by atoms with E-state index < -0.39 is 11.4 Å². The van der Waals surface area contributed by atoms with Crippen LogP contribution in [0.3, 0.4) is 0 Å². The van der Waals surface area contributed by atoms with Gasteiger partial charge in [-0.2, -0.15) is 0 Å². The van der Waals surface area contributed by atoms with E-state index in [1.165, 1.54) is 12.8 Å². The van der Waals surface area contributed by atoms with Gasteiger partial charge in [-0.1, -0.05) is 32.6 Å². The number of hydrogen-bond donors (Lipinski definition) is 1. The van der Waals surface area contributed by atoms with Gasteiger partial charge in [0.25, 0.3) is 0 Å². The number of nitrogens with zero attached hydrogens (tertiary/aromatic N) is 1. The molecular formula is C17H27NO4. The van der Waals surface area contributed by atoms with Crippen molar-refractivity contribution in [3.8, 4) is 0 Å². The van der Waals surface area contributed by atoms with Crippen molar-refractivity contribution in [2.45, 2.75) is 51.9 Å². The Hall–Kier alpha value is -1.10. The fourth-order valence-corrected chi connectivity index (χ4v) is 4.56. The van der Waals surface area contributed by atoms with E-state index in [0.29, 0.717) is 32.7 Å². The van der Waals surface area contributed by atoms with Gasteiger partial charge in [0.05, 0.1) is 12.0 Å². The smallest absolute Gasteiger partial charge is 0.311 e. The highest BCUT2D eigenvalue weighted by Gasteiger charge is 2.56. The molecular weight excluding hydrogens is 282 g/mol. The van der Waals surface area contributed by atoms with E-state index in [1.54, 1.807) is 0 Å². The van der Waals surface area contributed by atoms with Crippen molar-refractivity contribution in [2.75, 3.05) is 26.3 Å². The second-order valence-corrected chi connectivity index (χ2v) is 7.64. The van der Waals surface area contributed by atoms with Crippen LogP contribution in [0.4, 0.5) is 0 Å². The lowest BCUT2D eigenvalue weighted by Gasteiger charge is -2.34. The van der Waals surface area contributed by atoms with Crippen LogP contribution in [0, 0.1) is 16.7 Å². The van der Waals surface area contributed by atoms with Crippen LogP contribution < -0.4 is 0 Å². The van der Waals surface area contributed by atoms with Gasteiger partial charge in [-0.15, -0.1) is 0 Å². The monoisotopic (exact) mass is 309 g/mol. The number of carbonyl (C=O) groups is 2. The zero-order valence-corrected chi connectivity index (χ0v) is 13.5. The van der Waals surface area contributed by atoms with E-state index in [0.717, 1.165) is 25.7 Å². The number of carboxylic acids is 1. The van der Waals surface area contributed by atoms with Crippen LogP contribution in [0.15, 0.2) is 0 Å². The zero-order chi connectivity index (χ0) is 15.8. The van der Waals surface area contributed by atoms with Crippen molar-refractivity contribution in [1.29, 1.82) is 0 Å². The van der Waals surface area contributed by atoms with Crippen LogP contribution in [0.2, 0.25) is 0 Å². The van der Waals surface area contributed by atoms with E-state index in [9.17, 15) is 14.7 Å². The molecule has 0 spiro atoms. The number of rotatable bonds is 2. The summed E-state index contributed by atoms with van der Waals surface area (Å²) in [6, 6.07) is 0.